The van der Waals surface area contributed by atoms with E-state index < -0.39 is 20.0 Å². The van der Waals surface area contributed by atoms with Crippen LogP contribution in [0.3, 0.4) is 0 Å². The molecule has 0 aromatic rings. The maximum absolute atomic E-state index is 12.9. The molecular formula is C60H100N2O6P+. The summed E-state index contributed by atoms with van der Waals surface area (Å²) in [6.07, 6.45) is 76.6. The summed E-state index contributed by atoms with van der Waals surface area (Å²) in [5.41, 5.74) is 0. The van der Waals surface area contributed by atoms with Crippen LogP contribution in [0.4, 0.5) is 0 Å². The molecule has 0 radical (unpaired) electrons. The van der Waals surface area contributed by atoms with E-state index in [1.54, 1.807) is 6.08 Å². The lowest BCUT2D eigenvalue weighted by molar-refractivity contribution is -0.870. The Kier molecular flexibility index (Phi) is 46.8. The number of carbonyl (C=O) groups is 1. The van der Waals surface area contributed by atoms with Crippen LogP contribution in [0.5, 0.6) is 0 Å². The molecule has 9 heteroatoms. The standard InChI is InChI=1S/C60H99N2O6P/c1-6-8-10-12-14-16-18-20-21-22-23-24-25-26-27-28-29-30-31-32-33-34-35-36-37-38-39-40-41-42-44-46-48-50-52-54-60(64)61-58(57-68-69(65,66)67-56-55-62(3,4)5)59(63)53-51-49-47-45-43-19-17-15-13-11-9-7-2/h8,10,13-16,20-21,23-24,26-27,29-30,32-33,35-36,38-39,43,45,51,53,58-59,63H,6-7,9,11-12,17-19,22,25,28,31,34,37,40-42,44,46-50,52,54-57H2,1-5H3,(H-,61,64,65,66)/p+1/b10-8-,15-13+,16-14-,21-20-,24-23-,27-26-,30-29-,33-32-,36-35-,39-38-,45-43+,53-51+. The second kappa shape index (κ2) is 49.4. The van der Waals surface area contributed by atoms with E-state index in [9.17, 15) is 19.4 Å². The third-order valence-electron chi connectivity index (χ3n) is 10.8. The molecule has 0 bridgehead atoms. The van der Waals surface area contributed by atoms with Crippen molar-refractivity contribution >= 4 is 13.7 Å². The van der Waals surface area contributed by atoms with Crippen molar-refractivity contribution in [2.24, 2.45) is 0 Å². The molecule has 8 nitrogen and oxygen atoms in total. The van der Waals surface area contributed by atoms with Gasteiger partial charge in [-0.1, -0.05) is 205 Å². The number of hydrogen-bond acceptors (Lipinski definition) is 5. The quantitative estimate of drug-likeness (QED) is 0.0243. The minimum atomic E-state index is -4.37. The monoisotopic (exact) mass is 976 g/mol. The van der Waals surface area contributed by atoms with Crippen LogP contribution in [0.2, 0.25) is 0 Å². The molecule has 0 spiro atoms. The number of hydrogen-bond donors (Lipinski definition) is 3. The number of phosphoric acid groups is 1. The summed E-state index contributed by atoms with van der Waals surface area (Å²) in [5, 5.41) is 13.8. The Morgan fingerprint density at radius 3 is 1.33 bits per heavy atom. The number of nitrogens with one attached hydrogen (secondary N) is 1. The Morgan fingerprint density at radius 1 is 0.507 bits per heavy atom. The van der Waals surface area contributed by atoms with Crippen LogP contribution in [0.25, 0.3) is 0 Å². The van der Waals surface area contributed by atoms with Crippen LogP contribution >= 0.6 is 7.82 Å². The van der Waals surface area contributed by atoms with Crippen molar-refractivity contribution in [2.45, 2.75) is 187 Å². The lowest BCUT2D eigenvalue weighted by Gasteiger charge is -2.25. The molecule has 0 aromatic heterocycles. The van der Waals surface area contributed by atoms with E-state index in [0.717, 1.165) is 122 Å². The Hall–Kier alpha value is -3.62. The second-order valence-corrected chi connectivity index (χ2v) is 19.9. The van der Waals surface area contributed by atoms with Crippen molar-refractivity contribution in [3.63, 3.8) is 0 Å². The number of aliphatic hydroxyl groups is 1. The first-order valence-corrected chi connectivity index (χ1v) is 28.2. The largest absolute Gasteiger partial charge is 0.472 e. The van der Waals surface area contributed by atoms with Crippen molar-refractivity contribution < 1.29 is 32.9 Å². The van der Waals surface area contributed by atoms with E-state index in [-0.39, 0.29) is 19.1 Å². The summed E-state index contributed by atoms with van der Waals surface area (Å²) in [4.78, 5) is 23.2. The molecule has 0 saturated carbocycles. The Labute approximate surface area is 423 Å². The lowest BCUT2D eigenvalue weighted by Crippen LogP contribution is -2.45. The number of phosphoric ester groups is 1. The van der Waals surface area contributed by atoms with Crippen LogP contribution in [0.15, 0.2) is 146 Å². The fourth-order valence-corrected chi connectivity index (χ4v) is 7.31. The number of quaternary nitrogens is 1. The van der Waals surface area contributed by atoms with Gasteiger partial charge in [-0.05, 0) is 109 Å². The zero-order valence-corrected chi connectivity index (χ0v) is 45.1. The topological polar surface area (TPSA) is 105 Å². The number of likely N-dealkylation sites (N-methyl/N-ethyl adjacent to an activating group) is 1. The van der Waals surface area contributed by atoms with Gasteiger partial charge in [0, 0.05) is 6.42 Å². The molecule has 0 aromatic carbocycles. The summed E-state index contributed by atoms with van der Waals surface area (Å²) < 4.78 is 23.6. The third kappa shape index (κ3) is 52.0. The Bertz CT molecular complexity index is 1620. The number of allylic oxidation sites excluding steroid dienone is 23. The van der Waals surface area contributed by atoms with E-state index in [0.29, 0.717) is 17.4 Å². The van der Waals surface area contributed by atoms with Gasteiger partial charge in [0.1, 0.15) is 13.2 Å². The highest BCUT2D eigenvalue weighted by atomic mass is 31.2. The van der Waals surface area contributed by atoms with E-state index >= 15 is 0 Å². The van der Waals surface area contributed by atoms with Crippen molar-refractivity contribution in [1.82, 2.24) is 5.32 Å². The molecule has 0 rings (SSSR count). The number of rotatable bonds is 46. The minimum Gasteiger partial charge on any atom is -0.387 e. The number of carbonyl (C=O) groups excluding carboxylic acids is 1. The van der Waals surface area contributed by atoms with Crippen molar-refractivity contribution in [3.05, 3.63) is 146 Å². The smallest absolute Gasteiger partial charge is 0.387 e. The summed E-state index contributed by atoms with van der Waals surface area (Å²) >= 11 is 0. The van der Waals surface area contributed by atoms with Gasteiger partial charge in [-0.3, -0.25) is 13.8 Å². The molecule has 3 N–H and O–H groups in total. The third-order valence-corrected chi connectivity index (χ3v) is 11.8. The maximum atomic E-state index is 12.9. The van der Waals surface area contributed by atoms with Gasteiger partial charge in [0.25, 0.3) is 0 Å². The number of nitrogens with zero attached hydrogens (tertiary/aromatic N) is 1. The van der Waals surface area contributed by atoms with E-state index in [1.807, 2.05) is 27.2 Å². The predicted molar refractivity (Wildman–Crippen MR) is 299 cm³/mol. The highest BCUT2D eigenvalue weighted by Crippen LogP contribution is 2.43. The average Bonchev–Trinajstić information content (AvgIpc) is 3.31. The number of unbranched alkanes of at least 4 members (excludes halogenated alkanes) is 11. The lowest BCUT2D eigenvalue weighted by atomic mass is 10.1. The Morgan fingerprint density at radius 2 is 0.884 bits per heavy atom. The number of aliphatic hydroxyl groups excluding tert-OH is 1. The van der Waals surface area contributed by atoms with Crippen LogP contribution in [-0.2, 0) is 18.4 Å². The molecule has 0 heterocycles. The summed E-state index contributed by atoms with van der Waals surface area (Å²) in [7, 11) is 1.51. The predicted octanol–water partition coefficient (Wildman–Crippen LogP) is 16.1. The molecule has 0 aliphatic carbocycles. The molecule has 0 aliphatic heterocycles. The first-order valence-electron chi connectivity index (χ1n) is 26.7. The number of amides is 1. The maximum Gasteiger partial charge on any atom is 0.472 e. The van der Waals surface area contributed by atoms with E-state index in [1.165, 1.54) is 32.1 Å². The fraction of sp³-hybridized carbons (Fsp3) is 0.583. The van der Waals surface area contributed by atoms with Crippen molar-refractivity contribution in [3.8, 4) is 0 Å². The van der Waals surface area contributed by atoms with Gasteiger partial charge >= 0.3 is 7.82 Å². The first kappa shape index (κ1) is 65.4. The van der Waals surface area contributed by atoms with Crippen LogP contribution in [-0.4, -0.2) is 73.4 Å². The fourth-order valence-electron chi connectivity index (χ4n) is 6.58. The van der Waals surface area contributed by atoms with E-state index in [4.69, 9.17) is 9.05 Å². The van der Waals surface area contributed by atoms with Crippen molar-refractivity contribution in [1.29, 1.82) is 0 Å². The van der Waals surface area contributed by atoms with Crippen molar-refractivity contribution in [2.75, 3.05) is 40.9 Å². The van der Waals surface area contributed by atoms with Gasteiger partial charge in [0.2, 0.25) is 5.91 Å². The van der Waals surface area contributed by atoms with Gasteiger partial charge in [-0.25, -0.2) is 4.57 Å². The SMILES string of the molecule is CC/C=C\C/C=C\C/C=C\C/C=C\C/C=C\C/C=C\C/C=C\C/C=C\C/C=C\CCCCCCCCCC(=O)NC(COP(=O)(O)OCC[N+](C)(C)C)C(O)/C=C/CC/C=C/CC/C=C/CCCC. The van der Waals surface area contributed by atoms with Crippen LogP contribution in [0, 0.1) is 0 Å². The van der Waals surface area contributed by atoms with Gasteiger partial charge in [0.05, 0.1) is 39.9 Å². The molecule has 69 heavy (non-hydrogen) atoms. The van der Waals surface area contributed by atoms with Crippen LogP contribution < -0.4 is 5.32 Å². The summed E-state index contributed by atoms with van der Waals surface area (Å²) in [5.74, 6) is -0.212. The molecule has 1 amide bonds. The molecule has 0 aliphatic rings. The zero-order chi connectivity index (χ0) is 50.6. The summed E-state index contributed by atoms with van der Waals surface area (Å²) in [6, 6.07) is -0.886. The normalized spacial score (nSPS) is 15.2. The Balaban J connectivity index is 4.23. The van der Waals surface area contributed by atoms with Gasteiger partial charge in [0.15, 0.2) is 0 Å². The molecule has 0 saturated heterocycles. The summed E-state index contributed by atoms with van der Waals surface area (Å²) in [6.45, 7) is 4.58. The van der Waals surface area contributed by atoms with Gasteiger partial charge < -0.3 is 19.8 Å². The second-order valence-electron chi connectivity index (χ2n) is 18.5. The van der Waals surface area contributed by atoms with Crippen LogP contribution in [0.1, 0.15) is 174 Å². The molecule has 3 atom stereocenters. The average molecular weight is 976 g/mol. The minimum absolute atomic E-state index is 0.0427. The highest BCUT2D eigenvalue weighted by molar-refractivity contribution is 7.47. The highest BCUT2D eigenvalue weighted by Gasteiger charge is 2.27. The molecule has 3 unspecified atom stereocenters. The van der Waals surface area contributed by atoms with Gasteiger partial charge in [-0.15, -0.1) is 0 Å². The van der Waals surface area contributed by atoms with E-state index in [2.05, 4.69) is 153 Å². The first-order chi connectivity index (χ1) is 33.5. The molecule has 390 valence electrons. The molecular weight excluding hydrogens is 876 g/mol. The van der Waals surface area contributed by atoms with Gasteiger partial charge in [-0.2, -0.15) is 0 Å². The zero-order valence-electron chi connectivity index (χ0n) is 44.2. The molecule has 0 fully saturated rings.